The molecule has 0 aromatic rings. The molecule has 3 rings (SSSR count). The van der Waals surface area contributed by atoms with Gasteiger partial charge in [-0.2, -0.15) is 5.26 Å². The summed E-state index contributed by atoms with van der Waals surface area (Å²) in [5.41, 5.74) is 0.240. The van der Waals surface area contributed by atoms with E-state index in [2.05, 4.69) is 13.8 Å². The minimum atomic E-state index is -1.10. The Balaban J connectivity index is 2.18. The Morgan fingerprint density at radius 1 is 1.50 bits per heavy atom. The Hall–Kier alpha value is -1.30. The van der Waals surface area contributed by atoms with Gasteiger partial charge in [-0.25, -0.2) is 4.79 Å². The van der Waals surface area contributed by atoms with Crippen molar-refractivity contribution in [2.45, 2.75) is 33.1 Å². The van der Waals surface area contributed by atoms with Crippen molar-refractivity contribution in [1.82, 2.24) is 0 Å². The molecule has 3 aliphatic carbocycles. The number of carboxylic acids is 1. The molecule has 2 bridgehead atoms. The van der Waals surface area contributed by atoms with E-state index in [1.807, 2.05) is 0 Å². The maximum Gasteiger partial charge on any atom is 0.346 e. The van der Waals surface area contributed by atoms with Crippen LogP contribution in [0.2, 0.25) is 0 Å². The SMILES string of the molecule is CC1(C)[C@H]2CC[C@@H](/C=C(\C#N)C(=O)O)[C@H]1C2. The predicted octanol–water partition coefficient (Wildman–Crippen LogP) is 2.59. The van der Waals surface area contributed by atoms with Crippen molar-refractivity contribution in [3.05, 3.63) is 11.6 Å². The zero-order chi connectivity index (χ0) is 11.9. The van der Waals surface area contributed by atoms with Gasteiger partial charge in [0.05, 0.1) is 0 Å². The molecule has 0 aliphatic heterocycles. The van der Waals surface area contributed by atoms with Gasteiger partial charge in [0.15, 0.2) is 0 Å². The van der Waals surface area contributed by atoms with Crippen LogP contribution in [0.15, 0.2) is 11.6 Å². The molecule has 0 amide bonds. The van der Waals surface area contributed by atoms with Gasteiger partial charge in [-0.1, -0.05) is 19.9 Å². The van der Waals surface area contributed by atoms with Crippen molar-refractivity contribution >= 4 is 5.97 Å². The minimum absolute atomic E-state index is 0.0915. The first-order chi connectivity index (χ1) is 7.46. The van der Waals surface area contributed by atoms with Crippen LogP contribution in [-0.4, -0.2) is 11.1 Å². The van der Waals surface area contributed by atoms with Gasteiger partial charge in [0.2, 0.25) is 0 Å². The van der Waals surface area contributed by atoms with Gasteiger partial charge in [-0.05, 0) is 42.4 Å². The lowest BCUT2D eigenvalue weighted by Crippen LogP contribution is -2.51. The van der Waals surface area contributed by atoms with Crippen LogP contribution in [0.5, 0.6) is 0 Å². The second kappa shape index (κ2) is 3.62. The van der Waals surface area contributed by atoms with Gasteiger partial charge in [-0.3, -0.25) is 0 Å². The summed E-state index contributed by atoms with van der Waals surface area (Å²) in [6.45, 7) is 4.53. The van der Waals surface area contributed by atoms with Crippen LogP contribution in [0.3, 0.4) is 0 Å². The number of aliphatic carboxylic acids is 1. The quantitative estimate of drug-likeness (QED) is 0.573. The first-order valence-electron chi connectivity index (χ1n) is 5.82. The second-order valence-electron chi connectivity index (χ2n) is 5.60. The zero-order valence-electron chi connectivity index (χ0n) is 9.73. The van der Waals surface area contributed by atoms with Gasteiger partial charge in [0, 0.05) is 0 Å². The van der Waals surface area contributed by atoms with E-state index < -0.39 is 5.97 Å². The average molecular weight is 219 g/mol. The van der Waals surface area contributed by atoms with Crippen LogP contribution in [0, 0.1) is 34.5 Å². The molecule has 0 aromatic heterocycles. The summed E-state index contributed by atoms with van der Waals surface area (Å²) in [6.07, 6.45) is 5.09. The number of carbonyl (C=O) groups is 1. The lowest BCUT2D eigenvalue weighted by molar-refractivity contribution is -0.132. The molecule has 3 heteroatoms. The largest absolute Gasteiger partial charge is 0.477 e. The fourth-order valence-corrected chi connectivity index (χ4v) is 3.44. The van der Waals surface area contributed by atoms with Gasteiger partial charge >= 0.3 is 5.97 Å². The van der Waals surface area contributed by atoms with Gasteiger partial charge in [0.25, 0.3) is 0 Å². The minimum Gasteiger partial charge on any atom is -0.477 e. The molecular formula is C13H17NO2. The molecule has 3 aliphatic rings. The molecule has 0 spiro atoms. The third-order valence-electron chi connectivity index (χ3n) is 4.64. The van der Waals surface area contributed by atoms with E-state index in [1.54, 1.807) is 12.1 Å². The molecule has 1 N–H and O–H groups in total. The number of allylic oxidation sites excluding steroid dienone is 1. The smallest absolute Gasteiger partial charge is 0.346 e. The number of fused-ring (bicyclic) bond motifs is 2. The molecule has 3 nitrogen and oxygen atoms in total. The molecule has 0 aromatic carbocycles. The molecule has 3 fully saturated rings. The van der Waals surface area contributed by atoms with E-state index in [4.69, 9.17) is 10.4 Å². The van der Waals surface area contributed by atoms with E-state index in [0.717, 1.165) is 12.3 Å². The summed E-state index contributed by atoms with van der Waals surface area (Å²) in [6, 6.07) is 1.78. The van der Waals surface area contributed by atoms with Crippen molar-refractivity contribution in [2.75, 3.05) is 0 Å². The lowest BCUT2D eigenvalue weighted by atomic mass is 9.45. The fraction of sp³-hybridized carbons (Fsp3) is 0.692. The standard InChI is InChI=1S/C13H17NO2/c1-13(2)10-4-3-8(11(13)6-10)5-9(7-14)12(15)16/h5,8,10-11H,3-4,6H2,1-2H3,(H,15,16)/b9-5+/t8-,10-,11+/m0/s1. The summed E-state index contributed by atoms with van der Waals surface area (Å²) >= 11 is 0. The Bertz CT molecular complexity index is 387. The predicted molar refractivity (Wildman–Crippen MR) is 59.4 cm³/mol. The van der Waals surface area contributed by atoms with Crippen LogP contribution in [0.4, 0.5) is 0 Å². The van der Waals surface area contributed by atoms with Crippen LogP contribution in [0.1, 0.15) is 33.1 Å². The Morgan fingerprint density at radius 2 is 2.19 bits per heavy atom. The number of nitriles is 1. The summed E-state index contributed by atoms with van der Waals surface area (Å²) in [5.74, 6) is 0.555. The molecular weight excluding hydrogens is 202 g/mol. The summed E-state index contributed by atoms with van der Waals surface area (Å²) < 4.78 is 0. The lowest BCUT2D eigenvalue weighted by Gasteiger charge is -2.59. The van der Waals surface area contributed by atoms with Crippen molar-refractivity contribution in [1.29, 1.82) is 5.26 Å². The second-order valence-corrected chi connectivity index (χ2v) is 5.60. The van der Waals surface area contributed by atoms with E-state index >= 15 is 0 Å². The zero-order valence-corrected chi connectivity index (χ0v) is 9.73. The molecule has 0 unspecified atom stereocenters. The maximum atomic E-state index is 10.8. The third-order valence-corrected chi connectivity index (χ3v) is 4.64. The summed E-state index contributed by atoms with van der Waals surface area (Å²) in [5, 5.41) is 17.6. The highest BCUT2D eigenvalue weighted by Crippen LogP contribution is 2.61. The molecule has 0 heterocycles. The number of hydrogen-bond donors (Lipinski definition) is 1. The van der Waals surface area contributed by atoms with Crippen molar-refractivity contribution in [3.63, 3.8) is 0 Å². The number of rotatable bonds is 2. The van der Waals surface area contributed by atoms with Crippen molar-refractivity contribution in [2.24, 2.45) is 23.2 Å². The van der Waals surface area contributed by atoms with Gasteiger partial charge in [-0.15, -0.1) is 0 Å². The maximum absolute atomic E-state index is 10.8. The van der Waals surface area contributed by atoms with Crippen LogP contribution < -0.4 is 0 Å². The molecule has 3 atom stereocenters. The van der Waals surface area contributed by atoms with E-state index in [0.29, 0.717) is 11.3 Å². The molecule has 0 radical (unpaired) electrons. The van der Waals surface area contributed by atoms with Crippen molar-refractivity contribution in [3.8, 4) is 6.07 Å². The van der Waals surface area contributed by atoms with Crippen LogP contribution in [0.25, 0.3) is 0 Å². The molecule has 86 valence electrons. The summed E-state index contributed by atoms with van der Waals surface area (Å²) in [4.78, 5) is 10.8. The van der Waals surface area contributed by atoms with Crippen LogP contribution >= 0.6 is 0 Å². The topological polar surface area (TPSA) is 61.1 Å². The van der Waals surface area contributed by atoms with Gasteiger partial charge < -0.3 is 5.11 Å². The number of hydrogen-bond acceptors (Lipinski definition) is 2. The summed E-state index contributed by atoms with van der Waals surface area (Å²) in [7, 11) is 0. The van der Waals surface area contributed by atoms with Crippen molar-refractivity contribution < 1.29 is 9.90 Å². The fourth-order valence-electron chi connectivity index (χ4n) is 3.44. The van der Waals surface area contributed by atoms with Gasteiger partial charge in [0.1, 0.15) is 11.6 Å². The first kappa shape index (κ1) is 11.2. The van der Waals surface area contributed by atoms with E-state index in [-0.39, 0.29) is 11.5 Å². The highest BCUT2D eigenvalue weighted by molar-refractivity contribution is 5.91. The highest BCUT2D eigenvalue weighted by atomic mass is 16.4. The average Bonchev–Trinajstić information content (AvgIpc) is 2.25. The Labute approximate surface area is 95.8 Å². The highest BCUT2D eigenvalue weighted by Gasteiger charge is 2.53. The van der Waals surface area contributed by atoms with E-state index in [9.17, 15) is 4.79 Å². The number of carboxylic acid groups (broad SMARTS) is 1. The van der Waals surface area contributed by atoms with E-state index in [1.165, 1.54) is 12.8 Å². The first-order valence-corrected chi connectivity index (χ1v) is 5.82. The molecule has 0 saturated heterocycles. The monoisotopic (exact) mass is 219 g/mol. The molecule has 3 saturated carbocycles. The normalized spacial score (nSPS) is 36.1. The Kier molecular flexibility index (Phi) is 2.53. The molecule has 16 heavy (non-hydrogen) atoms. The Morgan fingerprint density at radius 3 is 2.62 bits per heavy atom. The number of nitrogens with zero attached hydrogens (tertiary/aromatic N) is 1. The van der Waals surface area contributed by atoms with Crippen LogP contribution in [-0.2, 0) is 4.79 Å². The third kappa shape index (κ3) is 1.53.